The number of benzene rings is 2. The maximum Gasteiger partial charge on any atom is 0.237 e. The van der Waals surface area contributed by atoms with E-state index in [1.807, 2.05) is 44.2 Å². The van der Waals surface area contributed by atoms with Crippen LogP contribution in [0.1, 0.15) is 37.0 Å². The highest BCUT2D eigenvalue weighted by Gasteiger charge is 2.17. The lowest BCUT2D eigenvalue weighted by Crippen LogP contribution is -2.05. The molecule has 0 N–H and O–H groups in total. The molecule has 2 heterocycles. The minimum atomic E-state index is 0.235. The summed E-state index contributed by atoms with van der Waals surface area (Å²) in [4.78, 5) is 4.46. The predicted molar refractivity (Wildman–Crippen MR) is 120 cm³/mol. The molecule has 0 aliphatic heterocycles. The molecular weight excluding hydrogens is 410 g/mol. The van der Waals surface area contributed by atoms with Gasteiger partial charge in [-0.25, -0.2) is 0 Å². The lowest BCUT2D eigenvalue weighted by Gasteiger charge is -2.10. The molecule has 160 valence electrons. The number of hydrogen-bond donors (Lipinski definition) is 0. The predicted octanol–water partition coefficient (Wildman–Crippen LogP) is 5.00. The molecule has 0 spiro atoms. The zero-order valence-electron chi connectivity index (χ0n) is 17.9. The first-order valence-corrected chi connectivity index (χ1v) is 11.2. The summed E-state index contributed by atoms with van der Waals surface area (Å²) in [5.74, 6) is 3.74. The third-order valence-electron chi connectivity index (χ3n) is 4.86. The zero-order chi connectivity index (χ0) is 21.6. The van der Waals surface area contributed by atoms with E-state index in [0.717, 1.165) is 41.1 Å². The maximum absolute atomic E-state index is 5.38. The quantitative estimate of drug-likeness (QED) is 0.343. The summed E-state index contributed by atoms with van der Waals surface area (Å²) in [6.07, 6.45) is 0.883. The van der Waals surface area contributed by atoms with Crippen LogP contribution >= 0.6 is 11.8 Å². The second-order valence-electron chi connectivity index (χ2n) is 7.41. The number of nitrogens with zero attached hydrogens (tertiary/aromatic N) is 5. The molecule has 4 rings (SSSR count). The average Bonchev–Trinajstić information content (AvgIpc) is 3.44. The Labute approximate surface area is 185 Å². The highest BCUT2D eigenvalue weighted by molar-refractivity contribution is 7.98. The minimum absolute atomic E-state index is 0.235. The van der Waals surface area contributed by atoms with Gasteiger partial charge in [0.05, 0.1) is 12.9 Å². The molecule has 7 nitrogen and oxygen atoms in total. The number of methoxy groups -OCH3 is 1. The smallest absolute Gasteiger partial charge is 0.237 e. The van der Waals surface area contributed by atoms with Crippen LogP contribution in [0, 0.1) is 0 Å². The number of rotatable bonds is 9. The van der Waals surface area contributed by atoms with E-state index in [4.69, 9.17) is 9.26 Å². The topological polar surface area (TPSA) is 78.9 Å². The Balaban J connectivity index is 1.57. The third kappa shape index (κ3) is 5.14. The molecule has 0 aliphatic carbocycles. The SMILES string of the molecule is COc1ccc(-c2nnc(SCc3nc(C(C)C)no3)n2CCc2ccccc2)cc1. The molecule has 0 unspecified atom stereocenters. The second kappa shape index (κ2) is 9.78. The van der Waals surface area contributed by atoms with Gasteiger partial charge in [0.1, 0.15) is 5.75 Å². The summed E-state index contributed by atoms with van der Waals surface area (Å²) in [5.41, 5.74) is 2.26. The van der Waals surface area contributed by atoms with Crippen LogP contribution in [0.15, 0.2) is 64.3 Å². The van der Waals surface area contributed by atoms with E-state index in [2.05, 4.69) is 49.2 Å². The van der Waals surface area contributed by atoms with Crippen molar-refractivity contribution in [3.8, 4) is 17.1 Å². The van der Waals surface area contributed by atoms with Gasteiger partial charge < -0.3 is 13.8 Å². The van der Waals surface area contributed by atoms with Crippen molar-refractivity contribution >= 4 is 11.8 Å². The fourth-order valence-corrected chi connectivity index (χ4v) is 3.93. The van der Waals surface area contributed by atoms with Crippen molar-refractivity contribution in [2.45, 2.75) is 43.6 Å². The van der Waals surface area contributed by atoms with Gasteiger partial charge in [-0.15, -0.1) is 10.2 Å². The van der Waals surface area contributed by atoms with Crippen molar-refractivity contribution in [3.05, 3.63) is 71.9 Å². The molecule has 0 atom stereocenters. The highest BCUT2D eigenvalue weighted by Crippen LogP contribution is 2.28. The molecule has 31 heavy (non-hydrogen) atoms. The Morgan fingerprint density at radius 1 is 1.03 bits per heavy atom. The number of thioether (sulfide) groups is 1. The number of aromatic nitrogens is 5. The monoisotopic (exact) mass is 435 g/mol. The molecule has 0 saturated carbocycles. The Kier molecular flexibility index (Phi) is 6.66. The Morgan fingerprint density at radius 3 is 2.48 bits per heavy atom. The van der Waals surface area contributed by atoms with Gasteiger partial charge in [0, 0.05) is 18.0 Å². The van der Waals surface area contributed by atoms with Crippen LogP contribution in [0.5, 0.6) is 5.75 Å². The first-order valence-electron chi connectivity index (χ1n) is 10.2. The van der Waals surface area contributed by atoms with E-state index in [-0.39, 0.29) is 5.92 Å². The first-order chi connectivity index (χ1) is 15.1. The molecule has 0 saturated heterocycles. The summed E-state index contributed by atoms with van der Waals surface area (Å²) in [7, 11) is 1.66. The normalized spacial score (nSPS) is 11.2. The fraction of sp³-hybridized carbons (Fsp3) is 0.304. The molecule has 2 aromatic heterocycles. The Hall–Kier alpha value is -3.13. The summed E-state index contributed by atoms with van der Waals surface area (Å²) in [6, 6.07) is 18.3. The van der Waals surface area contributed by atoms with E-state index >= 15 is 0 Å². The van der Waals surface area contributed by atoms with E-state index in [9.17, 15) is 0 Å². The van der Waals surface area contributed by atoms with Crippen LogP contribution in [0.25, 0.3) is 11.4 Å². The maximum atomic E-state index is 5.38. The van der Waals surface area contributed by atoms with Gasteiger partial charge in [-0.1, -0.05) is 61.1 Å². The molecule has 0 amide bonds. The van der Waals surface area contributed by atoms with Crippen molar-refractivity contribution in [3.63, 3.8) is 0 Å². The van der Waals surface area contributed by atoms with E-state index < -0.39 is 0 Å². The van der Waals surface area contributed by atoms with Gasteiger partial charge in [0.15, 0.2) is 16.8 Å². The first kappa shape index (κ1) is 21.1. The van der Waals surface area contributed by atoms with Gasteiger partial charge >= 0.3 is 0 Å². The van der Waals surface area contributed by atoms with Crippen molar-refractivity contribution in [1.29, 1.82) is 0 Å². The van der Waals surface area contributed by atoms with E-state index in [1.165, 1.54) is 5.56 Å². The molecule has 0 fully saturated rings. The van der Waals surface area contributed by atoms with E-state index in [0.29, 0.717) is 11.6 Å². The van der Waals surface area contributed by atoms with Gasteiger partial charge in [-0.05, 0) is 36.2 Å². The largest absolute Gasteiger partial charge is 0.497 e. The Bertz CT molecular complexity index is 1110. The van der Waals surface area contributed by atoms with Crippen LogP contribution in [-0.4, -0.2) is 32.0 Å². The number of hydrogen-bond acceptors (Lipinski definition) is 7. The molecule has 2 aromatic carbocycles. The molecule has 4 aromatic rings. The summed E-state index contributed by atoms with van der Waals surface area (Å²) in [6.45, 7) is 4.86. The Morgan fingerprint density at radius 2 is 1.81 bits per heavy atom. The minimum Gasteiger partial charge on any atom is -0.497 e. The second-order valence-corrected chi connectivity index (χ2v) is 8.35. The van der Waals surface area contributed by atoms with Crippen LogP contribution in [-0.2, 0) is 18.7 Å². The van der Waals surface area contributed by atoms with Gasteiger partial charge in [-0.3, -0.25) is 0 Å². The lowest BCUT2D eigenvalue weighted by molar-refractivity contribution is 0.382. The van der Waals surface area contributed by atoms with Gasteiger partial charge in [-0.2, -0.15) is 4.98 Å². The summed E-state index contributed by atoms with van der Waals surface area (Å²) < 4.78 is 12.8. The molecule has 0 bridgehead atoms. The third-order valence-corrected chi connectivity index (χ3v) is 5.81. The average molecular weight is 436 g/mol. The van der Waals surface area contributed by atoms with Gasteiger partial charge in [0.2, 0.25) is 5.89 Å². The van der Waals surface area contributed by atoms with Gasteiger partial charge in [0.25, 0.3) is 0 Å². The zero-order valence-corrected chi connectivity index (χ0v) is 18.7. The van der Waals surface area contributed by atoms with Crippen LogP contribution in [0.3, 0.4) is 0 Å². The molecule has 0 aliphatic rings. The summed E-state index contributed by atoms with van der Waals surface area (Å²) in [5, 5.41) is 13.8. The van der Waals surface area contributed by atoms with Crippen LogP contribution < -0.4 is 4.74 Å². The lowest BCUT2D eigenvalue weighted by atomic mass is 10.1. The molecule has 0 radical (unpaired) electrons. The van der Waals surface area contributed by atoms with Crippen molar-refractivity contribution in [1.82, 2.24) is 24.9 Å². The van der Waals surface area contributed by atoms with Crippen LogP contribution in [0.2, 0.25) is 0 Å². The highest BCUT2D eigenvalue weighted by atomic mass is 32.2. The van der Waals surface area contributed by atoms with Crippen LogP contribution in [0.4, 0.5) is 0 Å². The van der Waals surface area contributed by atoms with Crippen molar-refractivity contribution in [2.75, 3.05) is 7.11 Å². The van der Waals surface area contributed by atoms with Crippen molar-refractivity contribution < 1.29 is 9.26 Å². The van der Waals surface area contributed by atoms with Crippen molar-refractivity contribution in [2.24, 2.45) is 0 Å². The number of aryl methyl sites for hydroxylation is 1. The summed E-state index contributed by atoms with van der Waals surface area (Å²) >= 11 is 1.55. The molecule has 8 heteroatoms. The van der Waals surface area contributed by atoms with E-state index in [1.54, 1.807) is 18.9 Å². The standard InChI is InChI=1S/C23H25N5O2S/c1-16(2)21-24-20(30-27-21)15-31-23-26-25-22(18-9-11-19(29-3)12-10-18)28(23)14-13-17-7-5-4-6-8-17/h4-12,16H,13-15H2,1-3H3. The fourth-order valence-electron chi connectivity index (χ4n) is 3.12. The number of ether oxygens (including phenoxy) is 1. The molecular formula is C23H25N5O2S.